The highest BCUT2D eigenvalue weighted by Gasteiger charge is 2.71. The first-order chi connectivity index (χ1) is 10.8. The molecular weight excluding hydrogens is 330 g/mol. The van der Waals surface area contributed by atoms with Crippen LogP contribution >= 0.6 is 0 Å². The summed E-state index contributed by atoms with van der Waals surface area (Å²) in [6.45, 7) is 9.28. The largest absolute Gasteiger partial charge is 0.427 e. The van der Waals surface area contributed by atoms with Crippen molar-refractivity contribution in [1.29, 1.82) is 0 Å². The van der Waals surface area contributed by atoms with E-state index in [1.807, 2.05) is 27.7 Å². The average Bonchev–Trinajstić information content (AvgIpc) is 3.19. The molecule has 0 radical (unpaired) electrons. The normalized spacial score (nSPS) is 32.4. The van der Waals surface area contributed by atoms with Gasteiger partial charge < -0.3 is 10.5 Å². The van der Waals surface area contributed by atoms with Crippen LogP contribution in [-0.2, 0) is 19.4 Å². The summed E-state index contributed by atoms with van der Waals surface area (Å²) in [4.78, 5) is 22.0. The van der Waals surface area contributed by atoms with Crippen molar-refractivity contribution < 1.29 is 22.7 Å². The van der Waals surface area contributed by atoms with E-state index in [0.717, 1.165) is 0 Å². The summed E-state index contributed by atoms with van der Waals surface area (Å²) < 4.78 is 31.5. The van der Waals surface area contributed by atoms with Crippen LogP contribution < -0.4 is 5.73 Å². The first kappa shape index (κ1) is 19.2. The molecular formula is C17H29NO5S. The SMILES string of the molecule is CCC(=O)C1CC(OC(N)=O)(S(=O)(=O)C2(C(C)(C)C)CC2)CC1C. The van der Waals surface area contributed by atoms with Gasteiger partial charge in [-0.2, -0.15) is 0 Å². The summed E-state index contributed by atoms with van der Waals surface area (Å²) >= 11 is 0. The van der Waals surface area contributed by atoms with Crippen molar-refractivity contribution in [2.24, 2.45) is 23.0 Å². The number of hydrogen-bond donors (Lipinski definition) is 1. The Balaban J connectivity index is 2.51. The minimum Gasteiger partial charge on any atom is -0.427 e. The van der Waals surface area contributed by atoms with E-state index >= 15 is 0 Å². The summed E-state index contributed by atoms with van der Waals surface area (Å²) in [6.07, 6.45) is 0.482. The number of rotatable bonds is 5. The molecule has 3 unspecified atom stereocenters. The van der Waals surface area contributed by atoms with Crippen molar-refractivity contribution in [3.8, 4) is 0 Å². The van der Waals surface area contributed by atoms with Crippen LogP contribution in [0.2, 0.25) is 0 Å². The monoisotopic (exact) mass is 359 g/mol. The molecule has 2 rings (SSSR count). The van der Waals surface area contributed by atoms with E-state index in [0.29, 0.717) is 19.3 Å². The van der Waals surface area contributed by atoms with Crippen molar-refractivity contribution in [1.82, 2.24) is 0 Å². The zero-order chi connectivity index (χ0) is 18.6. The number of Topliss-reactive ketones (excluding diaryl/α,β-unsaturated/α-hetero) is 1. The van der Waals surface area contributed by atoms with Crippen LogP contribution in [0.4, 0.5) is 4.79 Å². The smallest absolute Gasteiger partial charge is 0.406 e. The molecule has 2 N–H and O–H groups in total. The molecule has 1 amide bonds. The van der Waals surface area contributed by atoms with Gasteiger partial charge in [-0.25, -0.2) is 13.2 Å². The molecule has 7 heteroatoms. The quantitative estimate of drug-likeness (QED) is 0.813. The number of carbonyl (C=O) groups is 2. The predicted octanol–water partition coefficient (Wildman–Crippen LogP) is 2.80. The van der Waals surface area contributed by atoms with Gasteiger partial charge in [-0.15, -0.1) is 0 Å². The molecule has 0 bridgehead atoms. The second-order valence-electron chi connectivity index (χ2n) is 8.39. The number of ether oxygens (including phenoxy) is 1. The van der Waals surface area contributed by atoms with E-state index in [9.17, 15) is 18.0 Å². The van der Waals surface area contributed by atoms with Gasteiger partial charge in [0.05, 0.1) is 4.75 Å². The Labute approximate surface area is 144 Å². The molecule has 2 aliphatic rings. The van der Waals surface area contributed by atoms with Crippen LogP contribution in [0.3, 0.4) is 0 Å². The minimum atomic E-state index is -3.82. The Hall–Kier alpha value is -1.11. The number of sulfone groups is 1. The molecule has 0 aromatic rings. The number of amides is 1. The van der Waals surface area contributed by atoms with E-state index in [1.165, 1.54) is 0 Å². The Kier molecular flexibility index (Phi) is 4.57. The average molecular weight is 359 g/mol. The van der Waals surface area contributed by atoms with Gasteiger partial charge in [0.2, 0.25) is 4.93 Å². The standard InChI is InChI=1S/C17H29NO5S/c1-6-13(19)12-10-17(9-11(12)2,23-14(18)20)24(21,22)16(7-8-16)15(3,4)5/h11-12H,6-10H2,1-5H3,(H2,18,20). The van der Waals surface area contributed by atoms with Crippen molar-refractivity contribution in [3.05, 3.63) is 0 Å². The number of ketones is 1. The molecule has 6 nitrogen and oxygen atoms in total. The molecule has 2 saturated carbocycles. The number of hydrogen-bond acceptors (Lipinski definition) is 5. The molecule has 0 aromatic carbocycles. The van der Waals surface area contributed by atoms with Crippen LogP contribution in [0, 0.1) is 17.3 Å². The third kappa shape index (κ3) is 2.65. The Morgan fingerprint density at radius 2 is 1.75 bits per heavy atom. The molecule has 3 atom stereocenters. The lowest BCUT2D eigenvalue weighted by Crippen LogP contribution is -2.52. The maximum Gasteiger partial charge on any atom is 0.406 e. The third-order valence-corrected chi connectivity index (χ3v) is 9.42. The van der Waals surface area contributed by atoms with Crippen molar-refractivity contribution in [2.75, 3.05) is 0 Å². The van der Waals surface area contributed by atoms with E-state index in [1.54, 1.807) is 6.92 Å². The summed E-state index contributed by atoms with van der Waals surface area (Å²) in [7, 11) is -3.82. The second kappa shape index (κ2) is 5.71. The minimum absolute atomic E-state index is 0.00764. The molecule has 0 aliphatic heterocycles. The molecule has 2 aliphatic carbocycles. The topological polar surface area (TPSA) is 104 Å². The van der Waals surface area contributed by atoms with E-state index in [-0.39, 0.29) is 24.5 Å². The fourth-order valence-corrected chi connectivity index (χ4v) is 7.61. The van der Waals surface area contributed by atoms with Gasteiger partial charge in [0.1, 0.15) is 5.78 Å². The van der Waals surface area contributed by atoms with Crippen LogP contribution in [0.1, 0.15) is 66.7 Å². The molecule has 2 fully saturated rings. The maximum atomic E-state index is 13.6. The van der Waals surface area contributed by atoms with Crippen LogP contribution in [0.5, 0.6) is 0 Å². The van der Waals surface area contributed by atoms with E-state index in [4.69, 9.17) is 10.5 Å². The van der Waals surface area contributed by atoms with Crippen LogP contribution in [-0.4, -0.2) is 30.0 Å². The van der Waals surface area contributed by atoms with E-state index in [2.05, 4.69) is 0 Å². The van der Waals surface area contributed by atoms with Gasteiger partial charge >= 0.3 is 6.09 Å². The summed E-state index contributed by atoms with van der Waals surface area (Å²) in [5.74, 6) is -0.574. The van der Waals surface area contributed by atoms with Gasteiger partial charge in [0, 0.05) is 25.2 Å². The molecule has 138 valence electrons. The van der Waals surface area contributed by atoms with Crippen molar-refractivity contribution in [3.63, 3.8) is 0 Å². The predicted molar refractivity (Wildman–Crippen MR) is 90.9 cm³/mol. The first-order valence-corrected chi connectivity index (χ1v) is 10.1. The fraction of sp³-hybridized carbons (Fsp3) is 0.882. The van der Waals surface area contributed by atoms with E-state index < -0.39 is 36.9 Å². The van der Waals surface area contributed by atoms with Crippen LogP contribution in [0.15, 0.2) is 0 Å². The number of carbonyl (C=O) groups excluding carboxylic acids is 2. The fourth-order valence-electron chi connectivity index (χ4n) is 4.38. The number of primary amides is 1. The summed E-state index contributed by atoms with van der Waals surface area (Å²) in [5.41, 5.74) is 4.74. The van der Waals surface area contributed by atoms with Gasteiger partial charge in [-0.05, 0) is 24.2 Å². The van der Waals surface area contributed by atoms with Crippen LogP contribution in [0.25, 0.3) is 0 Å². The zero-order valence-corrected chi connectivity index (χ0v) is 16.0. The molecule has 0 spiro atoms. The Morgan fingerprint density at radius 1 is 1.21 bits per heavy atom. The molecule has 0 saturated heterocycles. The molecule has 24 heavy (non-hydrogen) atoms. The molecule has 0 aromatic heterocycles. The third-order valence-electron chi connectivity index (χ3n) is 5.97. The maximum absolute atomic E-state index is 13.6. The highest BCUT2D eigenvalue weighted by atomic mass is 32.2. The highest BCUT2D eigenvalue weighted by molar-refractivity contribution is 7.94. The Morgan fingerprint density at radius 3 is 2.12 bits per heavy atom. The first-order valence-electron chi connectivity index (χ1n) is 8.59. The molecule has 0 heterocycles. The van der Waals surface area contributed by atoms with Gasteiger partial charge in [0.15, 0.2) is 9.84 Å². The van der Waals surface area contributed by atoms with Gasteiger partial charge in [0.25, 0.3) is 0 Å². The zero-order valence-electron chi connectivity index (χ0n) is 15.2. The van der Waals surface area contributed by atoms with Gasteiger partial charge in [-0.1, -0.05) is 34.6 Å². The lowest BCUT2D eigenvalue weighted by molar-refractivity contribution is -0.123. The Bertz CT molecular complexity index is 644. The highest BCUT2D eigenvalue weighted by Crippen LogP contribution is 2.62. The lowest BCUT2D eigenvalue weighted by atomic mass is 9.89. The second-order valence-corrected chi connectivity index (χ2v) is 10.9. The summed E-state index contributed by atoms with van der Waals surface area (Å²) in [5, 5.41) is 0. The van der Waals surface area contributed by atoms with Crippen molar-refractivity contribution in [2.45, 2.75) is 76.4 Å². The lowest BCUT2D eigenvalue weighted by Gasteiger charge is -2.38. The van der Waals surface area contributed by atoms with Crippen molar-refractivity contribution >= 4 is 21.7 Å². The number of nitrogens with two attached hydrogens (primary N) is 1. The summed E-state index contributed by atoms with van der Waals surface area (Å²) in [6, 6.07) is 0. The van der Waals surface area contributed by atoms with Gasteiger partial charge in [-0.3, -0.25) is 4.79 Å².